The maximum atomic E-state index is 12.6. The summed E-state index contributed by atoms with van der Waals surface area (Å²) in [6.07, 6.45) is 31.3. The molecule has 296 valence electrons. The van der Waals surface area contributed by atoms with Crippen LogP contribution in [-0.4, -0.2) is 70.8 Å². The topological polar surface area (TPSA) is 109 Å². The van der Waals surface area contributed by atoms with Crippen LogP contribution >= 0.6 is 0 Å². The van der Waals surface area contributed by atoms with Gasteiger partial charge in [-0.1, -0.05) is 168 Å². The molecule has 0 spiro atoms. The molecule has 1 N–H and O–H groups in total. The molecule has 0 aromatic rings. The highest BCUT2D eigenvalue weighted by Gasteiger charge is 2.19. The molecule has 0 aliphatic rings. The van der Waals surface area contributed by atoms with Gasteiger partial charge in [-0.15, -0.1) is 0 Å². The summed E-state index contributed by atoms with van der Waals surface area (Å²) in [5, 5.41) is 2.61. The minimum atomic E-state index is -0.844. The zero-order chi connectivity index (χ0) is 36.6. The summed E-state index contributed by atoms with van der Waals surface area (Å²) in [7, 11) is 1.60. The average molecular weight is 714 g/mol. The summed E-state index contributed by atoms with van der Waals surface area (Å²) in [5.74, 6) is -0.676. The fourth-order valence-corrected chi connectivity index (χ4v) is 5.88. The maximum Gasteiger partial charge on any atom is 0.407 e. The van der Waals surface area contributed by atoms with Gasteiger partial charge >= 0.3 is 18.0 Å². The summed E-state index contributed by atoms with van der Waals surface area (Å²) >= 11 is 0. The molecular weight excluding hydrogens is 634 g/mol. The van der Waals surface area contributed by atoms with Crippen LogP contribution in [-0.2, 0) is 33.3 Å². The van der Waals surface area contributed by atoms with Crippen molar-refractivity contribution in [3.8, 4) is 0 Å². The van der Waals surface area contributed by atoms with E-state index in [1.165, 1.54) is 128 Å². The van der Waals surface area contributed by atoms with Gasteiger partial charge in [0.25, 0.3) is 0 Å². The van der Waals surface area contributed by atoms with Gasteiger partial charge < -0.3 is 29.0 Å². The summed E-state index contributed by atoms with van der Waals surface area (Å²) in [6, 6.07) is 0. The summed E-state index contributed by atoms with van der Waals surface area (Å²) in [4.78, 5) is 37.2. The average Bonchev–Trinajstić information content (AvgIpc) is 3.11. The van der Waals surface area contributed by atoms with E-state index in [0.717, 1.165) is 38.5 Å². The Balaban J connectivity index is 4.24. The van der Waals surface area contributed by atoms with Crippen LogP contribution in [0.15, 0.2) is 0 Å². The Morgan fingerprint density at radius 2 is 0.880 bits per heavy atom. The largest absolute Gasteiger partial charge is 0.462 e. The van der Waals surface area contributed by atoms with Crippen LogP contribution in [0.3, 0.4) is 0 Å². The van der Waals surface area contributed by atoms with Gasteiger partial charge in [-0.3, -0.25) is 9.59 Å². The highest BCUT2D eigenvalue weighted by Crippen LogP contribution is 2.15. The zero-order valence-electron chi connectivity index (χ0n) is 32.9. The Kier molecular flexibility index (Phi) is 38.4. The quantitative estimate of drug-likeness (QED) is 0.0381. The van der Waals surface area contributed by atoms with E-state index in [9.17, 15) is 14.4 Å². The van der Waals surface area contributed by atoms with E-state index >= 15 is 0 Å². The van der Waals surface area contributed by atoms with E-state index in [1.54, 1.807) is 7.11 Å². The number of hydrogen-bond acceptors (Lipinski definition) is 8. The standard InChI is InChI=1S/C41H79NO8/c1-4-6-8-10-12-14-16-18-20-22-24-26-28-30-39(43)48-36-38(37-49-41(45)42-32-33-47-35-34-46-3)50-40(44)31-29-27-25-23-21-19-17-15-13-11-9-7-5-2/h38H,4-37H2,1-3H3,(H,42,45). The molecule has 0 aromatic carbocycles. The number of hydrogen-bond donors (Lipinski definition) is 1. The van der Waals surface area contributed by atoms with Crippen molar-refractivity contribution < 1.29 is 38.1 Å². The van der Waals surface area contributed by atoms with E-state index in [2.05, 4.69) is 19.2 Å². The van der Waals surface area contributed by atoms with Crippen LogP contribution in [0.5, 0.6) is 0 Å². The van der Waals surface area contributed by atoms with Crippen LogP contribution < -0.4 is 5.32 Å². The van der Waals surface area contributed by atoms with Gasteiger partial charge in [0.15, 0.2) is 6.10 Å². The molecular formula is C41H79NO8. The van der Waals surface area contributed by atoms with Gasteiger partial charge in [0.2, 0.25) is 0 Å². The van der Waals surface area contributed by atoms with Crippen molar-refractivity contribution in [2.24, 2.45) is 0 Å². The number of ether oxygens (including phenoxy) is 5. The zero-order valence-corrected chi connectivity index (χ0v) is 32.9. The predicted octanol–water partition coefficient (Wildman–Crippen LogP) is 10.8. The second kappa shape index (κ2) is 39.9. The van der Waals surface area contributed by atoms with Crippen molar-refractivity contribution >= 4 is 18.0 Å². The third-order valence-corrected chi connectivity index (χ3v) is 9.05. The fourth-order valence-electron chi connectivity index (χ4n) is 5.88. The van der Waals surface area contributed by atoms with Crippen LogP contribution in [0.2, 0.25) is 0 Å². The van der Waals surface area contributed by atoms with Gasteiger partial charge in [0, 0.05) is 26.5 Å². The molecule has 0 heterocycles. The first-order chi connectivity index (χ1) is 24.5. The highest BCUT2D eigenvalue weighted by molar-refractivity contribution is 5.70. The third-order valence-electron chi connectivity index (χ3n) is 9.05. The Hall–Kier alpha value is -1.87. The number of unbranched alkanes of at least 4 members (excludes halogenated alkanes) is 24. The molecule has 0 aliphatic heterocycles. The van der Waals surface area contributed by atoms with Gasteiger partial charge in [0.1, 0.15) is 13.2 Å². The SMILES string of the molecule is CCCCCCCCCCCCCCCC(=O)OCC(COC(=O)NCCOCCOC)OC(=O)CCCCCCCCCCCCCCC. The van der Waals surface area contributed by atoms with Crippen LogP contribution in [0.4, 0.5) is 4.79 Å². The van der Waals surface area contributed by atoms with Gasteiger partial charge in [-0.2, -0.15) is 0 Å². The number of esters is 2. The molecule has 0 aromatic heterocycles. The second-order valence-corrected chi connectivity index (χ2v) is 13.9. The molecule has 1 amide bonds. The van der Waals surface area contributed by atoms with Crippen LogP contribution in [0.1, 0.15) is 194 Å². The first kappa shape index (κ1) is 48.1. The van der Waals surface area contributed by atoms with Crippen molar-refractivity contribution in [1.29, 1.82) is 0 Å². The minimum Gasteiger partial charge on any atom is -0.462 e. The molecule has 0 radical (unpaired) electrons. The second-order valence-electron chi connectivity index (χ2n) is 13.9. The van der Waals surface area contributed by atoms with Gasteiger partial charge in [-0.05, 0) is 12.8 Å². The highest BCUT2D eigenvalue weighted by atomic mass is 16.6. The summed E-state index contributed by atoms with van der Waals surface area (Å²) in [6.45, 7) is 5.72. The molecule has 0 bridgehead atoms. The molecule has 0 saturated carbocycles. The van der Waals surface area contributed by atoms with Crippen molar-refractivity contribution in [3.05, 3.63) is 0 Å². The smallest absolute Gasteiger partial charge is 0.407 e. The van der Waals surface area contributed by atoms with E-state index < -0.39 is 12.2 Å². The Labute approximate surface area is 307 Å². The maximum absolute atomic E-state index is 12.6. The first-order valence-electron chi connectivity index (χ1n) is 20.9. The molecule has 50 heavy (non-hydrogen) atoms. The Morgan fingerprint density at radius 1 is 0.480 bits per heavy atom. The van der Waals surface area contributed by atoms with E-state index in [0.29, 0.717) is 32.7 Å². The lowest BCUT2D eigenvalue weighted by Crippen LogP contribution is -2.34. The third kappa shape index (κ3) is 37.4. The van der Waals surface area contributed by atoms with E-state index in [-0.39, 0.29) is 31.7 Å². The molecule has 0 rings (SSSR count). The summed E-state index contributed by atoms with van der Waals surface area (Å²) in [5.41, 5.74) is 0. The molecule has 0 saturated heterocycles. The lowest BCUT2D eigenvalue weighted by Gasteiger charge is -2.18. The fraction of sp³-hybridized carbons (Fsp3) is 0.927. The predicted molar refractivity (Wildman–Crippen MR) is 204 cm³/mol. The summed E-state index contributed by atoms with van der Waals surface area (Å²) < 4.78 is 26.6. The number of amides is 1. The normalized spacial score (nSPS) is 11.7. The number of methoxy groups -OCH3 is 1. The number of carbonyl (C=O) groups excluding carboxylic acids is 3. The molecule has 0 fully saturated rings. The van der Waals surface area contributed by atoms with Crippen LogP contribution in [0.25, 0.3) is 0 Å². The monoisotopic (exact) mass is 714 g/mol. The lowest BCUT2D eigenvalue weighted by atomic mass is 10.0. The van der Waals surface area contributed by atoms with Crippen molar-refractivity contribution in [2.75, 3.05) is 46.7 Å². The van der Waals surface area contributed by atoms with Crippen molar-refractivity contribution in [2.45, 2.75) is 200 Å². The van der Waals surface area contributed by atoms with E-state index in [4.69, 9.17) is 23.7 Å². The Morgan fingerprint density at radius 3 is 1.32 bits per heavy atom. The number of carbonyl (C=O) groups is 3. The Bertz CT molecular complexity index is 750. The van der Waals surface area contributed by atoms with E-state index in [1.807, 2.05) is 0 Å². The first-order valence-corrected chi connectivity index (χ1v) is 20.9. The number of alkyl carbamates (subject to hydrolysis) is 1. The molecule has 0 aliphatic carbocycles. The number of rotatable bonds is 39. The van der Waals surface area contributed by atoms with Gasteiger partial charge in [0.05, 0.1) is 19.8 Å². The van der Waals surface area contributed by atoms with Crippen LogP contribution in [0, 0.1) is 0 Å². The van der Waals surface area contributed by atoms with Gasteiger partial charge in [-0.25, -0.2) is 4.79 Å². The molecule has 1 atom stereocenters. The molecule has 9 heteroatoms. The molecule has 1 unspecified atom stereocenters. The minimum absolute atomic E-state index is 0.130. The lowest BCUT2D eigenvalue weighted by molar-refractivity contribution is -0.161. The van der Waals surface area contributed by atoms with Crippen molar-refractivity contribution in [3.63, 3.8) is 0 Å². The molecule has 9 nitrogen and oxygen atoms in total. The number of nitrogens with one attached hydrogen (secondary N) is 1. The van der Waals surface area contributed by atoms with Crippen molar-refractivity contribution in [1.82, 2.24) is 5.32 Å².